The molecule has 1 aromatic rings. The lowest BCUT2D eigenvalue weighted by atomic mass is 10.2. The fourth-order valence-corrected chi connectivity index (χ4v) is 1.80. The van der Waals surface area contributed by atoms with Crippen molar-refractivity contribution >= 4 is 0 Å². The van der Waals surface area contributed by atoms with E-state index in [-0.39, 0.29) is 6.10 Å². The van der Waals surface area contributed by atoms with E-state index in [1.165, 1.54) is 0 Å². The Labute approximate surface area is 90.0 Å². The number of rotatable bonds is 5. The predicted octanol–water partition coefficient (Wildman–Crippen LogP) is 1.68. The van der Waals surface area contributed by atoms with E-state index in [1.807, 2.05) is 7.05 Å². The molecular formula is C11H18N2O2. The van der Waals surface area contributed by atoms with E-state index in [2.05, 4.69) is 10.3 Å². The van der Waals surface area contributed by atoms with Crippen LogP contribution in [0.1, 0.15) is 37.0 Å². The maximum atomic E-state index is 5.51. The van der Waals surface area contributed by atoms with E-state index in [1.54, 1.807) is 6.26 Å². The van der Waals surface area contributed by atoms with Gasteiger partial charge in [0.1, 0.15) is 12.4 Å². The summed E-state index contributed by atoms with van der Waals surface area (Å²) in [6.45, 7) is 1.85. The molecule has 1 aliphatic heterocycles. The van der Waals surface area contributed by atoms with Crippen molar-refractivity contribution in [3.63, 3.8) is 0 Å². The molecule has 1 atom stereocenters. The van der Waals surface area contributed by atoms with Gasteiger partial charge in [0, 0.05) is 6.61 Å². The Hall–Kier alpha value is -0.870. The number of oxazole rings is 1. The zero-order valence-electron chi connectivity index (χ0n) is 9.16. The molecular weight excluding hydrogens is 192 g/mol. The van der Waals surface area contributed by atoms with Crippen LogP contribution in [0.2, 0.25) is 0 Å². The normalized spacial score (nSPS) is 21.0. The molecule has 4 nitrogen and oxygen atoms in total. The molecule has 1 aromatic heterocycles. The number of ether oxygens (including phenoxy) is 1. The summed E-state index contributed by atoms with van der Waals surface area (Å²) >= 11 is 0. The van der Waals surface area contributed by atoms with E-state index in [0.29, 0.717) is 0 Å². The van der Waals surface area contributed by atoms with Crippen molar-refractivity contribution in [2.24, 2.45) is 0 Å². The van der Waals surface area contributed by atoms with E-state index >= 15 is 0 Å². The third-order valence-electron chi connectivity index (χ3n) is 2.63. The first-order valence-corrected chi connectivity index (χ1v) is 5.60. The molecule has 2 rings (SSSR count). The smallest absolute Gasteiger partial charge is 0.223 e. The Morgan fingerprint density at radius 3 is 3.27 bits per heavy atom. The van der Waals surface area contributed by atoms with Crippen molar-refractivity contribution in [2.75, 3.05) is 20.2 Å². The number of aromatic nitrogens is 1. The van der Waals surface area contributed by atoms with Gasteiger partial charge >= 0.3 is 0 Å². The molecule has 0 amide bonds. The van der Waals surface area contributed by atoms with Crippen LogP contribution in [0.4, 0.5) is 0 Å². The van der Waals surface area contributed by atoms with Crippen LogP contribution in [0.25, 0.3) is 0 Å². The first kappa shape index (κ1) is 10.6. The largest absolute Gasteiger partial charge is 0.446 e. The minimum atomic E-state index is 0.100. The van der Waals surface area contributed by atoms with Crippen LogP contribution in [0.5, 0.6) is 0 Å². The van der Waals surface area contributed by atoms with E-state index < -0.39 is 0 Å². The van der Waals surface area contributed by atoms with Crippen LogP contribution in [0.15, 0.2) is 10.7 Å². The Bertz CT molecular complexity index is 293. The maximum absolute atomic E-state index is 5.51. The summed E-state index contributed by atoms with van der Waals surface area (Å²) in [6, 6.07) is 0. The van der Waals surface area contributed by atoms with Crippen molar-refractivity contribution in [3.8, 4) is 0 Å². The van der Waals surface area contributed by atoms with Crippen LogP contribution in [0.3, 0.4) is 0 Å². The molecule has 0 spiro atoms. The second-order valence-corrected chi connectivity index (χ2v) is 3.89. The van der Waals surface area contributed by atoms with Crippen LogP contribution < -0.4 is 5.32 Å². The highest BCUT2D eigenvalue weighted by atomic mass is 16.5. The number of nitrogens with one attached hydrogen (secondary N) is 1. The van der Waals surface area contributed by atoms with Crippen molar-refractivity contribution in [1.82, 2.24) is 10.3 Å². The SMILES string of the molecule is CNCCCc1coc(C2CCCO2)n1. The van der Waals surface area contributed by atoms with Gasteiger partial charge in [-0.3, -0.25) is 0 Å². The van der Waals surface area contributed by atoms with Crippen molar-refractivity contribution < 1.29 is 9.15 Å². The summed E-state index contributed by atoms with van der Waals surface area (Å²) in [5, 5.41) is 3.12. The van der Waals surface area contributed by atoms with Gasteiger partial charge in [-0.05, 0) is 39.3 Å². The van der Waals surface area contributed by atoms with E-state index in [4.69, 9.17) is 9.15 Å². The average Bonchev–Trinajstić information content (AvgIpc) is 2.87. The molecule has 1 saturated heterocycles. The second kappa shape index (κ2) is 5.28. The molecule has 0 radical (unpaired) electrons. The van der Waals surface area contributed by atoms with Gasteiger partial charge in [0.05, 0.1) is 5.69 Å². The lowest BCUT2D eigenvalue weighted by molar-refractivity contribution is 0.0892. The molecule has 1 N–H and O–H groups in total. The zero-order valence-corrected chi connectivity index (χ0v) is 9.16. The van der Waals surface area contributed by atoms with Crippen LogP contribution in [-0.4, -0.2) is 25.2 Å². The van der Waals surface area contributed by atoms with Crippen molar-refractivity contribution in [3.05, 3.63) is 17.8 Å². The molecule has 2 heterocycles. The van der Waals surface area contributed by atoms with Gasteiger partial charge in [-0.2, -0.15) is 0 Å². The Morgan fingerprint density at radius 1 is 1.60 bits per heavy atom. The first-order valence-electron chi connectivity index (χ1n) is 5.60. The van der Waals surface area contributed by atoms with Gasteiger partial charge in [-0.15, -0.1) is 0 Å². The molecule has 1 fully saturated rings. The van der Waals surface area contributed by atoms with Crippen LogP contribution in [0, 0.1) is 0 Å². The zero-order chi connectivity index (χ0) is 10.5. The fraction of sp³-hybridized carbons (Fsp3) is 0.727. The van der Waals surface area contributed by atoms with Gasteiger partial charge in [0.15, 0.2) is 0 Å². The van der Waals surface area contributed by atoms with E-state index in [9.17, 15) is 0 Å². The minimum Gasteiger partial charge on any atom is -0.446 e. The fourth-order valence-electron chi connectivity index (χ4n) is 1.80. The highest BCUT2D eigenvalue weighted by Crippen LogP contribution is 2.27. The summed E-state index contributed by atoms with van der Waals surface area (Å²) in [5.74, 6) is 0.756. The van der Waals surface area contributed by atoms with E-state index in [0.717, 1.165) is 50.4 Å². The number of hydrogen-bond donors (Lipinski definition) is 1. The topological polar surface area (TPSA) is 47.3 Å². The Morgan fingerprint density at radius 2 is 2.53 bits per heavy atom. The molecule has 0 aliphatic carbocycles. The lowest BCUT2D eigenvalue weighted by Gasteiger charge is -2.02. The summed E-state index contributed by atoms with van der Waals surface area (Å²) in [7, 11) is 1.96. The Balaban J connectivity index is 1.86. The summed E-state index contributed by atoms with van der Waals surface area (Å²) in [6.07, 6.45) is 6.07. The predicted molar refractivity (Wildman–Crippen MR) is 56.7 cm³/mol. The molecule has 15 heavy (non-hydrogen) atoms. The molecule has 1 aliphatic rings. The van der Waals surface area contributed by atoms with Crippen LogP contribution >= 0.6 is 0 Å². The molecule has 0 bridgehead atoms. The molecule has 1 unspecified atom stereocenters. The average molecular weight is 210 g/mol. The summed E-state index contributed by atoms with van der Waals surface area (Å²) < 4.78 is 10.9. The van der Waals surface area contributed by atoms with Gasteiger partial charge in [-0.1, -0.05) is 0 Å². The van der Waals surface area contributed by atoms with Gasteiger partial charge in [0.2, 0.25) is 5.89 Å². The molecule has 84 valence electrons. The van der Waals surface area contributed by atoms with Gasteiger partial charge < -0.3 is 14.5 Å². The molecule has 4 heteroatoms. The van der Waals surface area contributed by atoms with Crippen LogP contribution in [-0.2, 0) is 11.2 Å². The van der Waals surface area contributed by atoms with Crippen molar-refractivity contribution in [2.45, 2.75) is 31.8 Å². The van der Waals surface area contributed by atoms with Gasteiger partial charge in [-0.25, -0.2) is 4.98 Å². The monoisotopic (exact) mass is 210 g/mol. The Kier molecular flexibility index (Phi) is 3.75. The molecule has 0 saturated carbocycles. The maximum Gasteiger partial charge on any atom is 0.223 e. The highest BCUT2D eigenvalue weighted by Gasteiger charge is 2.22. The number of hydrogen-bond acceptors (Lipinski definition) is 4. The van der Waals surface area contributed by atoms with Crippen molar-refractivity contribution in [1.29, 1.82) is 0 Å². The summed E-state index contributed by atoms with van der Waals surface area (Å²) in [5.41, 5.74) is 1.04. The standard InChI is InChI=1S/C11H18N2O2/c1-12-6-2-4-9-8-15-11(13-9)10-5-3-7-14-10/h8,10,12H,2-7H2,1H3. The second-order valence-electron chi connectivity index (χ2n) is 3.89. The third kappa shape index (κ3) is 2.79. The van der Waals surface area contributed by atoms with Gasteiger partial charge in [0.25, 0.3) is 0 Å². The number of aryl methyl sites for hydroxylation is 1. The third-order valence-corrected chi connectivity index (χ3v) is 2.63. The molecule has 0 aromatic carbocycles. The summed E-state index contributed by atoms with van der Waals surface area (Å²) in [4.78, 5) is 4.44. The highest BCUT2D eigenvalue weighted by molar-refractivity contribution is 4.99. The number of nitrogens with zero attached hydrogens (tertiary/aromatic N) is 1. The minimum absolute atomic E-state index is 0.100. The first-order chi connectivity index (χ1) is 7.40. The quantitative estimate of drug-likeness (QED) is 0.751. The lowest BCUT2D eigenvalue weighted by Crippen LogP contribution is -2.08.